The summed E-state index contributed by atoms with van der Waals surface area (Å²) in [7, 11) is 1.85. The van der Waals surface area contributed by atoms with Crippen LogP contribution < -0.4 is 16.0 Å². The molecule has 0 fully saturated rings. The molecule has 1 atom stereocenters. The number of hydrogen-bond acceptors (Lipinski definition) is 4. The van der Waals surface area contributed by atoms with Gasteiger partial charge in [0.25, 0.3) is 5.91 Å². The van der Waals surface area contributed by atoms with E-state index in [1.807, 2.05) is 20.0 Å². The third-order valence-corrected chi connectivity index (χ3v) is 4.01. The highest BCUT2D eigenvalue weighted by molar-refractivity contribution is 8.00. The zero-order valence-corrected chi connectivity index (χ0v) is 13.0. The van der Waals surface area contributed by atoms with Gasteiger partial charge >= 0.3 is 0 Å². The lowest BCUT2D eigenvalue weighted by Gasteiger charge is -2.17. The molecule has 1 aromatic rings. The molecule has 110 valence electrons. The van der Waals surface area contributed by atoms with Crippen molar-refractivity contribution in [2.75, 3.05) is 24.7 Å². The maximum absolute atomic E-state index is 12.0. The lowest BCUT2D eigenvalue weighted by molar-refractivity contribution is -0.113. The summed E-state index contributed by atoms with van der Waals surface area (Å²) in [5.41, 5.74) is 1.28. The average molecular weight is 316 g/mol. The van der Waals surface area contributed by atoms with Gasteiger partial charge in [0, 0.05) is 23.0 Å². The molecule has 7 heteroatoms. The fourth-order valence-electron chi connectivity index (χ4n) is 1.67. The van der Waals surface area contributed by atoms with E-state index < -0.39 is 0 Å². The van der Waals surface area contributed by atoms with Crippen molar-refractivity contribution < 1.29 is 9.59 Å². The summed E-state index contributed by atoms with van der Waals surface area (Å²) in [6.45, 7) is 2.55. The van der Waals surface area contributed by atoms with E-state index in [0.717, 1.165) is 10.6 Å². The first-order chi connectivity index (χ1) is 9.10. The second-order valence-electron chi connectivity index (χ2n) is 4.45. The van der Waals surface area contributed by atoms with Crippen LogP contribution in [0.25, 0.3) is 0 Å². The summed E-state index contributed by atoms with van der Waals surface area (Å²) >= 11 is 1.49. The van der Waals surface area contributed by atoms with Gasteiger partial charge in [-0.05, 0) is 32.2 Å². The molecule has 2 amide bonds. The van der Waals surface area contributed by atoms with Gasteiger partial charge in [0.2, 0.25) is 5.91 Å². The summed E-state index contributed by atoms with van der Waals surface area (Å²) < 4.78 is 0. The summed E-state index contributed by atoms with van der Waals surface area (Å²) in [4.78, 5) is 24.3. The van der Waals surface area contributed by atoms with Crippen molar-refractivity contribution in [3.63, 3.8) is 0 Å². The van der Waals surface area contributed by atoms with Gasteiger partial charge in [-0.3, -0.25) is 9.59 Å². The number of halogens is 1. The smallest absolute Gasteiger partial charge is 0.251 e. The standard InChI is InChI=1S/C13H17N3O2S.ClH/c1-8(14-2)6-15-13(18)9-3-4-11-10(5-9)16-12(17)7-19-11;/h3-5,8,14H,6-7H2,1-2H3,(H,15,18)(H,16,17);1H. The second kappa shape index (κ2) is 7.52. The van der Waals surface area contributed by atoms with E-state index in [1.54, 1.807) is 12.1 Å². The van der Waals surface area contributed by atoms with E-state index >= 15 is 0 Å². The Hall–Kier alpha value is -1.24. The minimum Gasteiger partial charge on any atom is -0.350 e. The van der Waals surface area contributed by atoms with Crippen LogP contribution in [0.4, 0.5) is 5.69 Å². The van der Waals surface area contributed by atoms with E-state index in [4.69, 9.17) is 0 Å². The Labute approximate surface area is 128 Å². The summed E-state index contributed by atoms with van der Waals surface area (Å²) in [5, 5.41) is 8.68. The zero-order chi connectivity index (χ0) is 13.8. The van der Waals surface area contributed by atoms with Crippen molar-refractivity contribution in [1.29, 1.82) is 0 Å². The molecular weight excluding hydrogens is 298 g/mol. The molecule has 20 heavy (non-hydrogen) atoms. The predicted octanol–water partition coefficient (Wildman–Crippen LogP) is 1.49. The van der Waals surface area contributed by atoms with Gasteiger partial charge in [-0.2, -0.15) is 0 Å². The maximum atomic E-state index is 12.0. The molecule has 0 aliphatic carbocycles. The molecule has 1 heterocycles. The SMILES string of the molecule is CNC(C)CNC(=O)c1ccc2c(c1)NC(=O)CS2.Cl. The number of carbonyl (C=O) groups excluding carboxylic acids is 2. The molecule has 0 saturated heterocycles. The maximum Gasteiger partial charge on any atom is 0.251 e. The van der Waals surface area contributed by atoms with E-state index in [9.17, 15) is 9.59 Å². The predicted molar refractivity (Wildman–Crippen MR) is 83.9 cm³/mol. The minimum absolute atomic E-state index is 0. The van der Waals surface area contributed by atoms with Crippen LogP contribution in [0.2, 0.25) is 0 Å². The molecule has 5 nitrogen and oxygen atoms in total. The highest BCUT2D eigenvalue weighted by atomic mass is 35.5. The summed E-state index contributed by atoms with van der Waals surface area (Å²) in [5.74, 6) is 0.270. The number of fused-ring (bicyclic) bond motifs is 1. The largest absolute Gasteiger partial charge is 0.350 e. The van der Waals surface area contributed by atoms with Gasteiger partial charge in [-0.25, -0.2) is 0 Å². The fourth-order valence-corrected chi connectivity index (χ4v) is 2.46. The molecule has 1 aliphatic heterocycles. The number of amides is 2. The van der Waals surface area contributed by atoms with Gasteiger partial charge in [0.05, 0.1) is 11.4 Å². The Bertz CT molecular complexity index is 510. The van der Waals surface area contributed by atoms with Crippen LogP contribution >= 0.6 is 24.2 Å². The third-order valence-electron chi connectivity index (χ3n) is 2.94. The number of anilines is 1. The summed E-state index contributed by atoms with van der Waals surface area (Å²) in [6, 6.07) is 5.59. The monoisotopic (exact) mass is 315 g/mol. The number of hydrogen-bond donors (Lipinski definition) is 3. The number of thioether (sulfide) groups is 1. The van der Waals surface area contributed by atoms with Gasteiger partial charge in [-0.15, -0.1) is 24.2 Å². The Kier molecular flexibility index (Phi) is 6.32. The molecule has 2 rings (SSSR count). The number of benzene rings is 1. The Balaban J connectivity index is 0.00000200. The first-order valence-corrected chi connectivity index (χ1v) is 7.11. The van der Waals surface area contributed by atoms with Crippen molar-refractivity contribution in [3.8, 4) is 0 Å². The quantitative estimate of drug-likeness (QED) is 0.787. The van der Waals surface area contributed by atoms with Gasteiger partial charge in [0.1, 0.15) is 0 Å². The summed E-state index contributed by atoms with van der Waals surface area (Å²) in [6.07, 6.45) is 0. The molecule has 3 N–H and O–H groups in total. The van der Waals surface area contributed by atoms with Crippen LogP contribution in [0.5, 0.6) is 0 Å². The first kappa shape index (κ1) is 16.8. The molecule has 0 radical (unpaired) electrons. The normalized spacial score (nSPS) is 14.6. The van der Waals surface area contributed by atoms with E-state index in [-0.39, 0.29) is 30.3 Å². The topological polar surface area (TPSA) is 70.2 Å². The van der Waals surface area contributed by atoms with Crippen molar-refractivity contribution in [3.05, 3.63) is 23.8 Å². The lowest BCUT2D eigenvalue weighted by atomic mass is 10.1. The third kappa shape index (κ3) is 4.13. The van der Waals surface area contributed by atoms with Gasteiger partial charge in [-0.1, -0.05) is 0 Å². The van der Waals surface area contributed by atoms with E-state index in [2.05, 4.69) is 16.0 Å². The van der Waals surface area contributed by atoms with Crippen molar-refractivity contribution in [1.82, 2.24) is 10.6 Å². The van der Waals surface area contributed by atoms with Crippen LogP contribution in [-0.2, 0) is 4.79 Å². The number of likely N-dealkylation sites (N-methyl/N-ethyl adjacent to an activating group) is 1. The van der Waals surface area contributed by atoms with E-state index in [1.165, 1.54) is 11.8 Å². The minimum atomic E-state index is -0.130. The van der Waals surface area contributed by atoms with Crippen LogP contribution in [0.3, 0.4) is 0 Å². The van der Waals surface area contributed by atoms with Crippen LogP contribution in [0.15, 0.2) is 23.1 Å². The van der Waals surface area contributed by atoms with Crippen molar-refractivity contribution in [2.45, 2.75) is 17.9 Å². The molecule has 1 aliphatic rings. The molecule has 0 spiro atoms. The Morgan fingerprint density at radius 3 is 2.95 bits per heavy atom. The van der Waals surface area contributed by atoms with Crippen molar-refractivity contribution >= 4 is 41.7 Å². The lowest BCUT2D eigenvalue weighted by Crippen LogP contribution is -2.37. The highest BCUT2D eigenvalue weighted by Crippen LogP contribution is 2.31. The van der Waals surface area contributed by atoms with Gasteiger partial charge in [0.15, 0.2) is 0 Å². The molecular formula is C13H18ClN3O2S. The van der Waals surface area contributed by atoms with Crippen LogP contribution in [0.1, 0.15) is 17.3 Å². The first-order valence-electron chi connectivity index (χ1n) is 6.12. The number of rotatable bonds is 4. The van der Waals surface area contributed by atoms with E-state index in [0.29, 0.717) is 17.9 Å². The highest BCUT2D eigenvalue weighted by Gasteiger charge is 2.17. The van der Waals surface area contributed by atoms with Crippen LogP contribution in [0, 0.1) is 0 Å². The average Bonchev–Trinajstić information content (AvgIpc) is 2.43. The Morgan fingerprint density at radius 2 is 2.25 bits per heavy atom. The van der Waals surface area contributed by atoms with Crippen LogP contribution in [-0.4, -0.2) is 37.2 Å². The fraction of sp³-hybridized carbons (Fsp3) is 0.385. The van der Waals surface area contributed by atoms with Gasteiger partial charge < -0.3 is 16.0 Å². The number of nitrogens with one attached hydrogen (secondary N) is 3. The Morgan fingerprint density at radius 1 is 1.50 bits per heavy atom. The molecule has 0 aromatic heterocycles. The molecule has 0 saturated carbocycles. The molecule has 1 unspecified atom stereocenters. The molecule has 0 bridgehead atoms. The number of carbonyl (C=O) groups is 2. The second-order valence-corrected chi connectivity index (χ2v) is 5.46. The zero-order valence-electron chi connectivity index (χ0n) is 11.4. The molecule has 1 aromatic carbocycles. The van der Waals surface area contributed by atoms with Crippen molar-refractivity contribution in [2.24, 2.45) is 0 Å².